The van der Waals surface area contributed by atoms with Crippen molar-refractivity contribution in [2.75, 3.05) is 12.3 Å². The lowest BCUT2D eigenvalue weighted by molar-refractivity contribution is 0.322. The van der Waals surface area contributed by atoms with Crippen LogP contribution in [0.2, 0.25) is 5.02 Å². The van der Waals surface area contributed by atoms with Crippen LogP contribution in [-0.4, -0.2) is 6.61 Å². The van der Waals surface area contributed by atoms with Gasteiger partial charge in [0.25, 0.3) is 0 Å². The summed E-state index contributed by atoms with van der Waals surface area (Å²) in [6.45, 7) is 2.17. The molecule has 4 heteroatoms. The minimum Gasteiger partial charge on any atom is -0.491 e. The van der Waals surface area contributed by atoms with Crippen molar-refractivity contribution >= 4 is 17.3 Å². The largest absolute Gasteiger partial charge is 0.491 e. The number of rotatable bonds is 2. The third-order valence-corrected chi connectivity index (χ3v) is 1.72. The predicted molar refractivity (Wildman–Crippen MR) is 47.0 cm³/mol. The second kappa shape index (κ2) is 3.63. The highest BCUT2D eigenvalue weighted by Gasteiger charge is 2.09. The molecule has 1 rings (SSSR count). The van der Waals surface area contributed by atoms with Crippen LogP contribution < -0.4 is 10.5 Å². The number of benzene rings is 1. The fourth-order valence-corrected chi connectivity index (χ4v) is 0.962. The van der Waals surface area contributed by atoms with E-state index in [1.165, 1.54) is 12.1 Å². The molecule has 2 nitrogen and oxygen atoms in total. The van der Waals surface area contributed by atoms with E-state index in [0.717, 1.165) is 0 Å². The molecule has 1 aromatic rings. The standard InChI is InChI=1S/C8H9ClFNO/c1-2-12-6-4-3-5(9)8(11)7(6)10/h3-4H,2,11H2,1H3. The van der Waals surface area contributed by atoms with Crippen molar-refractivity contribution in [2.24, 2.45) is 0 Å². The highest BCUT2D eigenvalue weighted by molar-refractivity contribution is 6.33. The van der Waals surface area contributed by atoms with Gasteiger partial charge in [-0.3, -0.25) is 0 Å². The van der Waals surface area contributed by atoms with Crippen molar-refractivity contribution in [1.82, 2.24) is 0 Å². The lowest BCUT2D eigenvalue weighted by Gasteiger charge is -2.06. The molecule has 0 heterocycles. The van der Waals surface area contributed by atoms with E-state index in [1.807, 2.05) is 0 Å². The molecule has 0 saturated heterocycles. The molecule has 12 heavy (non-hydrogen) atoms. The summed E-state index contributed by atoms with van der Waals surface area (Å²) in [7, 11) is 0. The Morgan fingerprint density at radius 3 is 2.83 bits per heavy atom. The monoisotopic (exact) mass is 189 g/mol. The van der Waals surface area contributed by atoms with E-state index in [-0.39, 0.29) is 16.5 Å². The van der Waals surface area contributed by atoms with E-state index in [9.17, 15) is 4.39 Å². The van der Waals surface area contributed by atoms with Crippen molar-refractivity contribution in [2.45, 2.75) is 6.92 Å². The van der Waals surface area contributed by atoms with Crippen LogP contribution in [0.15, 0.2) is 12.1 Å². The van der Waals surface area contributed by atoms with Crippen molar-refractivity contribution in [1.29, 1.82) is 0 Å². The molecule has 0 aliphatic rings. The van der Waals surface area contributed by atoms with Gasteiger partial charge < -0.3 is 10.5 Å². The molecule has 2 N–H and O–H groups in total. The van der Waals surface area contributed by atoms with E-state index in [0.29, 0.717) is 6.61 Å². The van der Waals surface area contributed by atoms with Gasteiger partial charge in [-0.25, -0.2) is 4.39 Å². The van der Waals surface area contributed by atoms with Gasteiger partial charge in [0.2, 0.25) is 0 Å². The van der Waals surface area contributed by atoms with Crippen LogP contribution in [0.4, 0.5) is 10.1 Å². The number of nitrogens with two attached hydrogens (primary N) is 1. The van der Waals surface area contributed by atoms with Gasteiger partial charge in [0.1, 0.15) is 0 Å². The summed E-state index contributed by atoms with van der Waals surface area (Å²) < 4.78 is 18.1. The Hall–Kier alpha value is -0.960. The second-order valence-electron chi connectivity index (χ2n) is 2.21. The number of hydrogen-bond donors (Lipinski definition) is 1. The molecule has 0 spiro atoms. The van der Waals surface area contributed by atoms with Gasteiger partial charge in [0.05, 0.1) is 17.3 Å². The van der Waals surface area contributed by atoms with Crippen LogP contribution in [0.5, 0.6) is 5.75 Å². The molecule has 0 aromatic heterocycles. The summed E-state index contributed by atoms with van der Waals surface area (Å²) in [5.74, 6) is -0.455. The molecule has 0 radical (unpaired) electrons. The Bertz CT molecular complexity index is 291. The highest BCUT2D eigenvalue weighted by Crippen LogP contribution is 2.28. The molecule has 0 fully saturated rings. The fraction of sp³-hybridized carbons (Fsp3) is 0.250. The molecule has 1 aromatic carbocycles. The van der Waals surface area contributed by atoms with Crippen LogP contribution >= 0.6 is 11.6 Å². The van der Waals surface area contributed by atoms with E-state index in [1.54, 1.807) is 6.92 Å². The first-order chi connectivity index (χ1) is 5.66. The van der Waals surface area contributed by atoms with Crippen LogP contribution in [0, 0.1) is 5.82 Å². The maximum absolute atomic E-state index is 13.1. The number of ether oxygens (including phenoxy) is 1. The van der Waals surface area contributed by atoms with Crippen molar-refractivity contribution in [3.05, 3.63) is 23.0 Å². The first kappa shape index (κ1) is 9.13. The first-order valence-electron chi connectivity index (χ1n) is 3.53. The smallest absolute Gasteiger partial charge is 0.189 e. The number of halogens is 2. The van der Waals surface area contributed by atoms with Crippen LogP contribution in [-0.2, 0) is 0 Å². The average molecular weight is 190 g/mol. The molecular formula is C8H9ClFNO. The summed E-state index contributed by atoms with van der Waals surface area (Å²) in [5, 5.41) is 0.205. The van der Waals surface area contributed by atoms with E-state index in [2.05, 4.69) is 0 Å². The Kier molecular flexibility index (Phi) is 2.76. The molecule has 0 atom stereocenters. The summed E-state index contributed by atoms with van der Waals surface area (Å²) in [6, 6.07) is 2.96. The Morgan fingerprint density at radius 1 is 1.58 bits per heavy atom. The van der Waals surface area contributed by atoms with Crippen molar-refractivity contribution < 1.29 is 9.13 Å². The first-order valence-corrected chi connectivity index (χ1v) is 3.91. The molecule has 0 bridgehead atoms. The lowest BCUT2D eigenvalue weighted by atomic mass is 10.3. The third-order valence-electron chi connectivity index (χ3n) is 1.39. The Balaban J connectivity index is 3.08. The average Bonchev–Trinajstić information content (AvgIpc) is 2.07. The van der Waals surface area contributed by atoms with E-state index >= 15 is 0 Å². The molecule has 0 unspecified atom stereocenters. The second-order valence-corrected chi connectivity index (χ2v) is 2.61. The van der Waals surface area contributed by atoms with Crippen LogP contribution in [0.25, 0.3) is 0 Å². The molecule has 0 aliphatic carbocycles. The zero-order valence-corrected chi connectivity index (χ0v) is 7.36. The van der Waals surface area contributed by atoms with Gasteiger partial charge >= 0.3 is 0 Å². The number of nitrogen functional groups attached to an aromatic ring is 1. The minimum atomic E-state index is -0.593. The quantitative estimate of drug-likeness (QED) is 0.726. The topological polar surface area (TPSA) is 35.2 Å². The molecule has 66 valence electrons. The van der Waals surface area contributed by atoms with Gasteiger partial charge in [-0.1, -0.05) is 11.6 Å². The molecule has 0 aliphatic heterocycles. The Labute approximate surface area is 75.1 Å². The summed E-state index contributed by atoms with van der Waals surface area (Å²) in [4.78, 5) is 0. The van der Waals surface area contributed by atoms with E-state index in [4.69, 9.17) is 22.1 Å². The fourth-order valence-electron chi connectivity index (χ4n) is 0.816. The van der Waals surface area contributed by atoms with E-state index < -0.39 is 5.82 Å². The SMILES string of the molecule is CCOc1ccc(Cl)c(N)c1F. The zero-order valence-electron chi connectivity index (χ0n) is 6.60. The minimum absolute atomic E-state index is 0.0670. The molecule has 0 saturated carbocycles. The molecule has 0 amide bonds. The van der Waals surface area contributed by atoms with Gasteiger partial charge in [0.15, 0.2) is 11.6 Å². The predicted octanol–water partition coefficient (Wildman–Crippen LogP) is 2.46. The normalized spacial score (nSPS) is 9.92. The van der Waals surface area contributed by atoms with Gasteiger partial charge in [0, 0.05) is 0 Å². The van der Waals surface area contributed by atoms with Crippen LogP contribution in [0.1, 0.15) is 6.92 Å². The summed E-state index contributed by atoms with van der Waals surface area (Å²) >= 11 is 5.57. The van der Waals surface area contributed by atoms with Gasteiger partial charge in [-0.15, -0.1) is 0 Å². The Morgan fingerprint density at radius 2 is 2.25 bits per heavy atom. The highest BCUT2D eigenvalue weighted by atomic mass is 35.5. The van der Waals surface area contributed by atoms with Gasteiger partial charge in [-0.05, 0) is 19.1 Å². The number of hydrogen-bond acceptors (Lipinski definition) is 2. The van der Waals surface area contributed by atoms with Gasteiger partial charge in [-0.2, -0.15) is 0 Å². The maximum atomic E-state index is 13.1. The lowest BCUT2D eigenvalue weighted by Crippen LogP contribution is -1.98. The maximum Gasteiger partial charge on any atom is 0.189 e. The zero-order chi connectivity index (χ0) is 9.14. The van der Waals surface area contributed by atoms with Crippen LogP contribution in [0.3, 0.4) is 0 Å². The summed E-state index contributed by atoms with van der Waals surface area (Å²) in [6.07, 6.45) is 0. The third kappa shape index (κ3) is 1.61. The van der Waals surface area contributed by atoms with Crippen molar-refractivity contribution in [3.63, 3.8) is 0 Å². The van der Waals surface area contributed by atoms with Crippen molar-refractivity contribution in [3.8, 4) is 5.75 Å². The number of anilines is 1. The summed E-state index contributed by atoms with van der Waals surface area (Å²) in [5.41, 5.74) is 5.26. The molecular weight excluding hydrogens is 181 g/mol.